The van der Waals surface area contributed by atoms with E-state index in [4.69, 9.17) is 20.9 Å². The van der Waals surface area contributed by atoms with E-state index in [1.165, 1.54) is 11.3 Å². The first-order valence-electron chi connectivity index (χ1n) is 10.1. The number of ether oxygens (including phenoxy) is 1. The molecule has 1 aliphatic heterocycles. The van der Waals surface area contributed by atoms with Gasteiger partial charge in [0, 0.05) is 10.7 Å². The molecule has 0 aliphatic carbocycles. The summed E-state index contributed by atoms with van der Waals surface area (Å²) in [7, 11) is 1.60. The van der Waals surface area contributed by atoms with Gasteiger partial charge in [0.05, 0.1) is 29.3 Å². The molecule has 0 saturated heterocycles. The molecule has 0 bridgehead atoms. The maximum atomic E-state index is 13.2. The number of anilines is 1. The Hall–Kier alpha value is -3.62. The van der Waals surface area contributed by atoms with Crippen LogP contribution in [-0.4, -0.2) is 23.3 Å². The highest BCUT2D eigenvalue weighted by Crippen LogP contribution is 2.40. The minimum absolute atomic E-state index is 0.274. The zero-order valence-electron chi connectivity index (χ0n) is 17.8. The van der Waals surface area contributed by atoms with Gasteiger partial charge in [0.1, 0.15) is 5.75 Å². The van der Waals surface area contributed by atoms with Crippen LogP contribution in [-0.2, 0) is 0 Å². The number of nitrogens with zero attached hydrogens (tertiary/aromatic N) is 3. The van der Waals surface area contributed by atoms with Crippen LogP contribution in [0.15, 0.2) is 76.3 Å². The number of hydrogen-bond donors (Lipinski definition) is 1. The molecule has 7 nitrogen and oxygen atoms in total. The summed E-state index contributed by atoms with van der Waals surface area (Å²) in [6.07, 6.45) is 0. The van der Waals surface area contributed by atoms with Crippen molar-refractivity contribution in [3.05, 3.63) is 88.2 Å². The summed E-state index contributed by atoms with van der Waals surface area (Å²) in [6.45, 7) is 1.87. The minimum Gasteiger partial charge on any atom is -0.497 e. The number of amides is 2. The number of methoxy groups -OCH3 is 1. The van der Waals surface area contributed by atoms with E-state index in [1.807, 2.05) is 54.8 Å². The molecule has 0 fully saturated rings. The van der Waals surface area contributed by atoms with Crippen LogP contribution < -0.4 is 15.0 Å². The van der Waals surface area contributed by atoms with Gasteiger partial charge in [0.25, 0.3) is 5.89 Å². The van der Waals surface area contributed by atoms with E-state index in [0.717, 1.165) is 10.4 Å². The first kappa shape index (κ1) is 21.2. The Morgan fingerprint density at radius 2 is 1.97 bits per heavy atom. The van der Waals surface area contributed by atoms with Gasteiger partial charge in [-0.15, -0.1) is 11.3 Å². The van der Waals surface area contributed by atoms with Gasteiger partial charge in [-0.2, -0.15) is 4.98 Å². The smallest absolute Gasteiger partial charge is 0.326 e. The van der Waals surface area contributed by atoms with Crippen molar-refractivity contribution >= 4 is 40.2 Å². The van der Waals surface area contributed by atoms with E-state index >= 15 is 0 Å². The topological polar surface area (TPSA) is 80.5 Å². The first-order chi connectivity index (χ1) is 16.0. The fourth-order valence-corrected chi connectivity index (χ4v) is 4.69. The van der Waals surface area contributed by atoms with E-state index in [1.54, 1.807) is 30.2 Å². The fourth-order valence-electron chi connectivity index (χ4n) is 3.84. The molecule has 9 heteroatoms. The molecule has 1 N–H and O–H groups in total. The zero-order valence-corrected chi connectivity index (χ0v) is 19.4. The van der Waals surface area contributed by atoms with Crippen LogP contribution in [0.1, 0.15) is 24.4 Å². The Balaban J connectivity index is 1.65. The van der Waals surface area contributed by atoms with Gasteiger partial charge in [-0.05, 0) is 60.3 Å². The summed E-state index contributed by atoms with van der Waals surface area (Å²) < 4.78 is 10.9. The summed E-state index contributed by atoms with van der Waals surface area (Å²) >= 11 is 7.78. The first-order valence-corrected chi connectivity index (χ1v) is 11.4. The second kappa shape index (κ2) is 8.73. The van der Waals surface area contributed by atoms with Crippen molar-refractivity contribution < 1.29 is 14.1 Å². The lowest BCUT2D eigenvalue weighted by atomic mass is 9.94. The molecule has 0 spiro atoms. The Morgan fingerprint density at radius 1 is 1.15 bits per heavy atom. The SMILES string of the molecule is COc1ccc(N2C(=O)NC(c3cccc(Cl)c3)C(c3nc(-c4cccs4)no3)=C2C)cc1. The number of hydrogen-bond acceptors (Lipinski definition) is 6. The maximum absolute atomic E-state index is 13.2. The third kappa shape index (κ3) is 3.99. The number of nitrogens with one attached hydrogen (secondary N) is 1. The Morgan fingerprint density at radius 3 is 2.67 bits per heavy atom. The molecule has 1 unspecified atom stereocenters. The molecule has 0 radical (unpaired) electrons. The average Bonchev–Trinajstić information content (AvgIpc) is 3.51. The van der Waals surface area contributed by atoms with E-state index in [9.17, 15) is 4.79 Å². The van der Waals surface area contributed by atoms with E-state index in [2.05, 4.69) is 15.5 Å². The van der Waals surface area contributed by atoms with Gasteiger partial charge in [-0.3, -0.25) is 4.90 Å². The summed E-state index contributed by atoms with van der Waals surface area (Å²) in [4.78, 5) is 20.4. The van der Waals surface area contributed by atoms with Gasteiger partial charge >= 0.3 is 6.03 Å². The molecular weight excluding hydrogens is 460 g/mol. The normalized spacial score (nSPS) is 16.2. The van der Waals surface area contributed by atoms with Gasteiger partial charge in [-0.1, -0.05) is 35.0 Å². The molecule has 1 atom stereocenters. The van der Waals surface area contributed by atoms with Crippen molar-refractivity contribution in [2.24, 2.45) is 0 Å². The summed E-state index contributed by atoms with van der Waals surface area (Å²) in [5, 5.41) is 9.77. The summed E-state index contributed by atoms with van der Waals surface area (Å²) in [6, 6.07) is 17.7. The summed E-state index contributed by atoms with van der Waals surface area (Å²) in [5.74, 6) is 1.53. The molecule has 2 aromatic carbocycles. The van der Waals surface area contributed by atoms with Crippen molar-refractivity contribution in [3.8, 4) is 16.5 Å². The van der Waals surface area contributed by atoms with Crippen LogP contribution in [0.5, 0.6) is 5.75 Å². The van der Waals surface area contributed by atoms with Crippen molar-refractivity contribution in [1.29, 1.82) is 0 Å². The lowest BCUT2D eigenvalue weighted by Crippen LogP contribution is -2.46. The van der Waals surface area contributed by atoms with Crippen LogP contribution in [0.3, 0.4) is 0 Å². The van der Waals surface area contributed by atoms with Crippen LogP contribution in [0.2, 0.25) is 5.02 Å². The van der Waals surface area contributed by atoms with Crippen molar-refractivity contribution in [3.63, 3.8) is 0 Å². The van der Waals surface area contributed by atoms with Gasteiger partial charge < -0.3 is 14.6 Å². The largest absolute Gasteiger partial charge is 0.497 e. The van der Waals surface area contributed by atoms with E-state index in [-0.39, 0.29) is 6.03 Å². The molecule has 2 amide bonds. The number of rotatable bonds is 5. The van der Waals surface area contributed by atoms with Gasteiger partial charge in [0.15, 0.2) is 0 Å². The Kier molecular flexibility index (Phi) is 5.62. The van der Waals surface area contributed by atoms with Gasteiger partial charge in [-0.25, -0.2) is 4.79 Å². The number of aromatic nitrogens is 2. The number of thiophene rings is 1. The number of carbonyl (C=O) groups excluding carboxylic acids is 1. The van der Waals surface area contributed by atoms with Crippen LogP contribution >= 0.6 is 22.9 Å². The molecule has 166 valence electrons. The number of halogens is 1. The second-order valence-corrected chi connectivity index (χ2v) is 8.75. The highest BCUT2D eigenvalue weighted by atomic mass is 35.5. The molecule has 33 heavy (non-hydrogen) atoms. The molecular formula is C24H19ClN4O3S. The number of carbonyl (C=O) groups is 1. The molecule has 4 aromatic rings. The predicted octanol–water partition coefficient (Wildman–Crippen LogP) is 6.16. The quantitative estimate of drug-likeness (QED) is 0.371. The zero-order chi connectivity index (χ0) is 22.9. The highest BCUT2D eigenvalue weighted by molar-refractivity contribution is 7.13. The fraction of sp³-hybridized carbons (Fsp3) is 0.125. The monoisotopic (exact) mass is 478 g/mol. The lowest BCUT2D eigenvalue weighted by molar-refractivity contribution is 0.244. The number of urea groups is 1. The number of benzene rings is 2. The predicted molar refractivity (Wildman–Crippen MR) is 128 cm³/mol. The lowest BCUT2D eigenvalue weighted by Gasteiger charge is -2.35. The molecule has 5 rings (SSSR count). The summed E-state index contributed by atoms with van der Waals surface area (Å²) in [5.41, 5.74) is 2.87. The third-order valence-electron chi connectivity index (χ3n) is 5.40. The third-order valence-corrected chi connectivity index (χ3v) is 6.50. The number of allylic oxidation sites excluding steroid dienone is 1. The minimum atomic E-state index is -0.512. The molecule has 2 aromatic heterocycles. The van der Waals surface area contributed by atoms with Gasteiger partial charge in [0.2, 0.25) is 5.82 Å². The highest BCUT2D eigenvalue weighted by Gasteiger charge is 2.36. The molecule has 1 aliphatic rings. The van der Waals surface area contributed by atoms with Crippen LogP contribution in [0, 0.1) is 0 Å². The Labute approximate surface area is 199 Å². The Bertz CT molecular complexity index is 1330. The molecule has 0 saturated carbocycles. The average molecular weight is 479 g/mol. The van der Waals surface area contributed by atoms with E-state index < -0.39 is 6.04 Å². The second-order valence-electron chi connectivity index (χ2n) is 7.37. The maximum Gasteiger partial charge on any atom is 0.326 e. The van der Waals surface area contributed by atoms with Crippen molar-refractivity contribution in [2.75, 3.05) is 12.0 Å². The van der Waals surface area contributed by atoms with Crippen LogP contribution in [0.25, 0.3) is 16.3 Å². The van der Waals surface area contributed by atoms with Crippen molar-refractivity contribution in [1.82, 2.24) is 15.5 Å². The van der Waals surface area contributed by atoms with Crippen molar-refractivity contribution in [2.45, 2.75) is 13.0 Å². The standard InChI is InChI=1S/C24H19ClN4O3S/c1-14-20(23-27-22(28-32-23)19-7-4-12-33-19)21(15-5-3-6-16(25)13-15)26-24(30)29(14)17-8-10-18(31-2)11-9-17/h3-13,21H,1-2H3,(H,26,30). The molecule has 3 heterocycles. The van der Waals surface area contributed by atoms with Crippen LogP contribution in [0.4, 0.5) is 10.5 Å². The van der Waals surface area contributed by atoms with E-state index in [0.29, 0.717) is 39.4 Å².